The maximum atomic E-state index is 14.2. The molecule has 184 valence electrons. The standard InChI is InChI=1S/C23H30F3N7O/c1-4-33-21-10-32(9-20(21)30-23(33)13(2)29-14(3)31-28-12-24)16-8-19(27)22(34-11-16)17-7-15(25)5-6-18(17)26/h5-7,16,19,22,28H,4,8-12,27H2,1-3H3/b29-13?,31-14-/t16?,19?,22-/m1/s1. The summed E-state index contributed by atoms with van der Waals surface area (Å²) >= 11 is 0. The van der Waals surface area contributed by atoms with E-state index in [1.807, 2.05) is 13.8 Å². The molecule has 1 fully saturated rings. The molecule has 0 saturated carbocycles. The Hall–Kier alpha value is -2.76. The number of halogens is 3. The van der Waals surface area contributed by atoms with E-state index < -0.39 is 30.6 Å². The van der Waals surface area contributed by atoms with E-state index in [1.165, 1.54) is 0 Å². The summed E-state index contributed by atoms with van der Waals surface area (Å²) in [4.78, 5) is 11.5. The van der Waals surface area contributed by atoms with Crippen LogP contribution < -0.4 is 11.2 Å². The van der Waals surface area contributed by atoms with Gasteiger partial charge in [0.1, 0.15) is 23.6 Å². The second-order valence-electron chi connectivity index (χ2n) is 8.60. The molecule has 8 nitrogen and oxygen atoms in total. The number of rotatable bonds is 6. The summed E-state index contributed by atoms with van der Waals surface area (Å²) in [6.45, 7) is 7.25. The molecule has 4 rings (SSSR count). The maximum Gasteiger partial charge on any atom is 0.174 e. The zero-order valence-electron chi connectivity index (χ0n) is 19.6. The molecule has 3 atom stereocenters. The predicted molar refractivity (Wildman–Crippen MR) is 123 cm³/mol. The van der Waals surface area contributed by atoms with Crippen molar-refractivity contribution >= 4 is 11.5 Å². The first-order valence-corrected chi connectivity index (χ1v) is 11.4. The van der Waals surface area contributed by atoms with Gasteiger partial charge in [-0.05, 0) is 45.4 Å². The summed E-state index contributed by atoms with van der Waals surface area (Å²) in [5.41, 5.74) is 11.5. The van der Waals surface area contributed by atoms with Crippen molar-refractivity contribution in [1.29, 1.82) is 0 Å². The molecule has 11 heteroatoms. The molecule has 3 N–H and O–H groups in total. The topological polar surface area (TPSA) is 93.1 Å². The lowest BCUT2D eigenvalue weighted by Crippen LogP contribution is -2.48. The SMILES string of the molecule is CCn1c(C(C)=N/C(C)=N\NCF)nc2c1CN(C1CO[C@H](c3cc(F)ccc3F)C(N)C1)C2. The van der Waals surface area contributed by atoms with Gasteiger partial charge in [0.05, 0.1) is 23.7 Å². The third-order valence-corrected chi connectivity index (χ3v) is 6.31. The van der Waals surface area contributed by atoms with Crippen LogP contribution in [0.2, 0.25) is 0 Å². The maximum absolute atomic E-state index is 14.2. The quantitative estimate of drug-likeness (QED) is 0.289. The van der Waals surface area contributed by atoms with E-state index in [1.54, 1.807) is 6.92 Å². The first-order chi connectivity index (χ1) is 16.3. The second kappa shape index (κ2) is 10.2. The fourth-order valence-electron chi connectivity index (χ4n) is 4.77. The Labute approximate surface area is 196 Å². The van der Waals surface area contributed by atoms with Gasteiger partial charge in [-0.25, -0.2) is 23.1 Å². The van der Waals surface area contributed by atoms with Gasteiger partial charge < -0.3 is 15.0 Å². The van der Waals surface area contributed by atoms with E-state index in [0.717, 1.165) is 42.0 Å². The number of alkyl halides is 1. The van der Waals surface area contributed by atoms with E-state index in [9.17, 15) is 13.2 Å². The first-order valence-electron chi connectivity index (χ1n) is 11.4. The largest absolute Gasteiger partial charge is 0.370 e. The summed E-state index contributed by atoms with van der Waals surface area (Å²) in [6.07, 6.45) is -0.0801. The van der Waals surface area contributed by atoms with Crippen LogP contribution >= 0.6 is 0 Å². The number of hydrogen-bond donors (Lipinski definition) is 2. The average Bonchev–Trinajstić information content (AvgIpc) is 3.37. The highest BCUT2D eigenvalue weighted by molar-refractivity contribution is 6.03. The molecule has 0 spiro atoms. The second-order valence-corrected chi connectivity index (χ2v) is 8.60. The molecule has 1 aromatic heterocycles. The van der Waals surface area contributed by atoms with Gasteiger partial charge in [-0.1, -0.05) is 0 Å². The number of nitrogens with one attached hydrogen (secondary N) is 1. The lowest BCUT2D eigenvalue weighted by atomic mass is 9.93. The van der Waals surface area contributed by atoms with Crippen LogP contribution in [0, 0.1) is 11.6 Å². The van der Waals surface area contributed by atoms with Gasteiger partial charge in [0.25, 0.3) is 0 Å². The van der Waals surface area contributed by atoms with Crippen LogP contribution in [-0.2, 0) is 24.4 Å². The van der Waals surface area contributed by atoms with Gasteiger partial charge in [0.2, 0.25) is 0 Å². The van der Waals surface area contributed by atoms with Crippen molar-refractivity contribution in [1.82, 2.24) is 19.9 Å². The molecule has 34 heavy (non-hydrogen) atoms. The Morgan fingerprint density at radius 1 is 1.29 bits per heavy atom. The van der Waals surface area contributed by atoms with Crippen LogP contribution in [-0.4, -0.2) is 51.5 Å². The lowest BCUT2D eigenvalue weighted by Gasteiger charge is -2.38. The highest BCUT2D eigenvalue weighted by Gasteiger charge is 2.38. The predicted octanol–water partition coefficient (Wildman–Crippen LogP) is 3.01. The zero-order valence-corrected chi connectivity index (χ0v) is 19.6. The molecule has 1 saturated heterocycles. The Kier molecular flexibility index (Phi) is 7.34. The van der Waals surface area contributed by atoms with Crippen LogP contribution in [0.4, 0.5) is 13.2 Å². The van der Waals surface area contributed by atoms with Crippen molar-refractivity contribution in [3.05, 3.63) is 52.6 Å². The number of amidine groups is 1. The van der Waals surface area contributed by atoms with Gasteiger partial charge in [0, 0.05) is 37.3 Å². The molecular formula is C23H30F3N7O. The van der Waals surface area contributed by atoms with E-state index in [-0.39, 0.29) is 11.6 Å². The number of hydrogen-bond acceptors (Lipinski definition) is 6. The molecule has 0 amide bonds. The Morgan fingerprint density at radius 2 is 2.09 bits per heavy atom. The number of ether oxygens (including phenoxy) is 1. The van der Waals surface area contributed by atoms with E-state index in [0.29, 0.717) is 37.7 Å². The van der Waals surface area contributed by atoms with E-state index in [2.05, 4.69) is 25.0 Å². The molecule has 2 aliphatic rings. The summed E-state index contributed by atoms with van der Waals surface area (Å²) < 4.78 is 48.2. The van der Waals surface area contributed by atoms with Crippen molar-refractivity contribution in [2.75, 3.05) is 13.4 Å². The molecule has 0 radical (unpaired) electrons. The van der Waals surface area contributed by atoms with Crippen LogP contribution in [0.3, 0.4) is 0 Å². The summed E-state index contributed by atoms with van der Waals surface area (Å²) in [7, 11) is 0. The Bertz CT molecular complexity index is 1100. The van der Waals surface area contributed by atoms with Crippen molar-refractivity contribution in [2.45, 2.75) is 65.0 Å². The monoisotopic (exact) mass is 477 g/mol. The minimum absolute atomic E-state index is 0.0433. The zero-order chi connectivity index (χ0) is 24.4. The first kappa shape index (κ1) is 24.4. The molecular weight excluding hydrogens is 447 g/mol. The van der Waals surface area contributed by atoms with E-state index >= 15 is 0 Å². The molecule has 3 heterocycles. The highest BCUT2D eigenvalue weighted by Crippen LogP contribution is 2.34. The van der Waals surface area contributed by atoms with Gasteiger partial charge in [-0.3, -0.25) is 10.3 Å². The molecule has 2 aromatic rings. The number of hydrazone groups is 1. The molecule has 0 aliphatic carbocycles. The van der Waals surface area contributed by atoms with Crippen LogP contribution in [0.5, 0.6) is 0 Å². The van der Waals surface area contributed by atoms with Crippen molar-refractivity contribution in [3.8, 4) is 0 Å². The van der Waals surface area contributed by atoms with Crippen LogP contribution in [0.15, 0.2) is 28.3 Å². The molecule has 1 aromatic carbocycles. The summed E-state index contributed by atoms with van der Waals surface area (Å²) in [5.74, 6) is 0.155. The summed E-state index contributed by atoms with van der Waals surface area (Å²) in [5, 5.41) is 3.83. The van der Waals surface area contributed by atoms with Crippen molar-refractivity contribution in [3.63, 3.8) is 0 Å². The minimum atomic E-state index is -0.758. The van der Waals surface area contributed by atoms with E-state index in [4.69, 9.17) is 15.5 Å². The third-order valence-electron chi connectivity index (χ3n) is 6.31. The number of aliphatic imine (C=N–C) groups is 1. The van der Waals surface area contributed by atoms with Gasteiger partial charge in [-0.15, -0.1) is 0 Å². The number of fused-ring (bicyclic) bond motifs is 1. The Balaban J connectivity index is 1.46. The van der Waals surface area contributed by atoms with Crippen molar-refractivity contribution < 1.29 is 17.9 Å². The third kappa shape index (κ3) is 4.86. The Morgan fingerprint density at radius 3 is 2.79 bits per heavy atom. The molecule has 0 bridgehead atoms. The number of benzene rings is 1. The lowest BCUT2D eigenvalue weighted by molar-refractivity contribution is -0.0535. The average molecular weight is 478 g/mol. The highest BCUT2D eigenvalue weighted by atomic mass is 19.1. The van der Waals surface area contributed by atoms with Crippen molar-refractivity contribution in [2.24, 2.45) is 15.8 Å². The normalized spacial score (nSPS) is 23.9. The van der Waals surface area contributed by atoms with Crippen LogP contribution in [0.25, 0.3) is 0 Å². The molecule has 2 aliphatic heterocycles. The fraction of sp³-hybridized carbons (Fsp3) is 0.522. The summed E-state index contributed by atoms with van der Waals surface area (Å²) in [6, 6.07) is 2.94. The molecule has 2 unspecified atom stereocenters. The smallest absolute Gasteiger partial charge is 0.174 e. The van der Waals surface area contributed by atoms with Gasteiger partial charge in [0.15, 0.2) is 12.6 Å². The number of aromatic nitrogens is 2. The van der Waals surface area contributed by atoms with Gasteiger partial charge in [-0.2, -0.15) is 5.10 Å². The number of nitrogens with two attached hydrogens (primary N) is 1. The van der Waals surface area contributed by atoms with Gasteiger partial charge >= 0.3 is 0 Å². The number of imidazole rings is 1. The minimum Gasteiger partial charge on any atom is -0.370 e. The number of nitrogens with zero attached hydrogens (tertiary/aromatic N) is 5. The van der Waals surface area contributed by atoms with Crippen LogP contribution in [0.1, 0.15) is 56.1 Å². The fourth-order valence-corrected chi connectivity index (χ4v) is 4.77.